The van der Waals surface area contributed by atoms with Crippen molar-refractivity contribution >= 4 is 21.5 Å². The third kappa shape index (κ3) is 6.94. The summed E-state index contributed by atoms with van der Waals surface area (Å²) in [5.74, 6) is -0.582. The predicted octanol–water partition coefficient (Wildman–Crippen LogP) is 0.770. The summed E-state index contributed by atoms with van der Waals surface area (Å²) in [6.07, 6.45) is 1.89. The number of aliphatic imine (C=N–C) groups is 1. The van der Waals surface area contributed by atoms with Gasteiger partial charge in [-0.2, -0.15) is 0 Å². The highest BCUT2D eigenvalue weighted by Gasteiger charge is 2.27. The Labute approximate surface area is 158 Å². The third-order valence-corrected chi connectivity index (χ3v) is 5.05. The largest absolute Gasteiger partial charge is 0.379 e. The van der Waals surface area contributed by atoms with Crippen LogP contribution in [0.3, 0.4) is 0 Å². The number of rotatable bonds is 8. The van der Waals surface area contributed by atoms with Crippen LogP contribution in [0.25, 0.3) is 0 Å². The average molecular weight is 404 g/mol. The second-order valence-electron chi connectivity index (χ2n) is 6.39. The topological polar surface area (TPSA) is 83.0 Å². The summed E-state index contributed by atoms with van der Waals surface area (Å²) in [6, 6.07) is 3.86. The SMILES string of the molecule is CN=C(NCCOCCS(C)(=O)=O)NC1CCN(c2c(F)cccc2F)C1. The number of nitrogens with zero attached hydrogens (tertiary/aromatic N) is 2. The lowest BCUT2D eigenvalue weighted by Crippen LogP contribution is -2.45. The molecule has 0 saturated carbocycles. The van der Waals surface area contributed by atoms with Crippen molar-refractivity contribution in [1.82, 2.24) is 10.6 Å². The van der Waals surface area contributed by atoms with Gasteiger partial charge in [-0.15, -0.1) is 0 Å². The fraction of sp³-hybridized carbons (Fsp3) is 0.588. The van der Waals surface area contributed by atoms with Gasteiger partial charge in [0.15, 0.2) is 5.96 Å². The number of halogens is 2. The number of sulfone groups is 1. The van der Waals surface area contributed by atoms with Gasteiger partial charge in [-0.05, 0) is 18.6 Å². The molecule has 1 aromatic rings. The van der Waals surface area contributed by atoms with Crippen LogP contribution in [0.5, 0.6) is 0 Å². The second-order valence-corrected chi connectivity index (χ2v) is 8.65. The smallest absolute Gasteiger partial charge is 0.191 e. The molecular weight excluding hydrogens is 378 g/mol. The lowest BCUT2D eigenvalue weighted by atomic mass is 10.2. The molecule has 152 valence electrons. The normalized spacial score (nSPS) is 18.0. The molecule has 1 fully saturated rings. The van der Waals surface area contributed by atoms with E-state index >= 15 is 0 Å². The minimum absolute atomic E-state index is 0.00126. The van der Waals surface area contributed by atoms with Gasteiger partial charge in [0.25, 0.3) is 0 Å². The van der Waals surface area contributed by atoms with Crippen molar-refractivity contribution in [3.63, 3.8) is 0 Å². The van der Waals surface area contributed by atoms with E-state index in [4.69, 9.17) is 4.74 Å². The highest BCUT2D eigenvalue weighted by molar-refractivity contribution is 7.90. The van der Waals surface area contributed by atoms with Crippen molar-refractivity contribution in [2.45, 2.75) is 12.5 Å². The Morgan fingerprint density at radius 1 is 1.33 bits per heavy atom. The van der Waals surface area contributed by atoms with E-state index in [1.807, 2.05) is 0 Å². The number of guanidine groups is 1. The van der Waals surface area contributed by atoms with Crippen LogP contribution in [-0.2, 0) is 14.6 Å². The third-order valence-electron chi connectivity index (χ3n) is 4.14. The van der Waals surface area contributed by atoms with E-state index < -0.39 is 21.5 Å². The van der Waals surface area contributed by atoms with Crippen molar-refractivity contribution in [3.05, 3.63) is 29.8 Å². The molecule has 1 heterocycles. The Bertz CT molecular complexity index is 738. The molecular formula is C17H26F2N4O3S. The van der Waals surface area contributed by atoms with E-state index in [0.29, 0.717) is 32.2 Å². The summed E-state index contributed by atoms with van der Waals surface area (Å²) in [5, 5.41) is 6.29. The molecule has 7 nitrogen and oxygen atoms in total. The van der Waals surface area contributed by atoms with E-state index in [2.05, 4.69) is 15.6 Å². The Kier molecular flexibility index (Phi) is 7.78. The summed E-state index contributed by atoms with van der Waals surface area (Å²) in [7, 11) is -1.39. The standard InChI is InChI=1S/C17H26F2N4O3S/c1-20-17(21-7-9-26-10-11-27(2,24)25)22-13-6-8-23(12-13)16-14(18)4-3-5-15(16)19/h3-5,13H,6-12H2,1-2H3,(H2,20,21,22). The zero-order chi connectivity index (χ0) is 19.9. The van der Waals surface area contributed by atoms with E-state index in [1.54, 1.807) is 11.9 Å². The maximum Gasteiger partial charge on any atom is 0.191 e. The zero-order valence-electron chi connectivity index (χ0n) is 15.5. The minimum Gasteiger partial charge on any atom is -0.379 e. The average Bonchev–Trinajstić information content (AvgIpc) is 3.03. The molecule has 2 rings (SSSR count). The fourth-order valence-electron chi connectivity index (χ4n) is 2.81. The molecule has 1 aromatic carbocycles. The first-order valence-electron chi connectivity index (χ1n) is 8.72. The van der Waals surface area contributed by atoms with E-state index in [-0.39, 0.29) is 24.1 Å². The van der Waals surface area contributed by atoms with Crippen LogP contribution < -0.4 is 15.5 Å². The summed E-state index contributed by atoms with van der Waals surface area (Å²) in [4.78, 5) is 5.80. The molecule has 0 radical (unpaired) electrons. The Morgan fingerprint density at radius 3 is 2.67 bits per heavy atom. The maximum absolute atomic E-state index is 13.9. The molecule has 1 atom stereocenters. The molecule has 0 aliphatic carbocycles. The number of ether oxygens (including phenoxy) is 1. The van der Waals surface area contributed by atoms with Crippen LogP contribution in [0.4, 0.5) is 14.5 Å². The maximum atomic E-state index is 13.9. The molecule has 0 spiro atoms. The summed E-state index contributed by atoms with van der Waals surface area (Å²) < 4.78 is 55.1. The van der Waals surface area contributed by atoms with Crippen LogP contribution in [0.15, 0.2) is 23.2 Å². The van der Waals surface area contributed by atoms with Crippen LogP contribution in [-0.4, -0.2) is 72.3 Å². The van der Waals surface area contributed by atoms with Gasteiger partial charge in [0.2, 0.25) is 0 Å². The summed E-state index contributed by atoms with van der Waals surface area (Å²) >= 11 is 0. The first-order chi connectivity index (χ1) is 12.8. The number of para-hydroxylation sites is 1. The predicted molar refractivity (Wildman–Crippen MR) is 102 cm³/mol. The Morgan fingerprint density at radius 2 is 2.04 bits per heavy atom. The molecule has 0 bridgehead atoms. The molecule has 0 amide bonds. The van der Waals surface area contributed by atoms with Gasteiger partial charge in [0.05, 0.1) is 19.0 Å². The van der Waals surface area contributed by atoms with Gasteiger partial charge >= 0.3 is 0 Å². The minimum atomic E-state index is -3.02. The molecule has 1 unspecified atom stereocenters. The van der Waals surface area contributed by atoms with E-state index in [9.17, 15) is 17.2 Å². The van der Waals surface area contributed by atoms with Crippen molar-refractivity contribution in [2.75, 3.05) is 56.8 Å². The van der Waals surface area contributed by atoms with Crippen molar-refractivity contribution in [3.8, 4) is 0 Å². The highest BCUT2D eigenvalue weighted by Crippen LogP contribution is 2.26. The van der Waals surface area contributed by atoms with E-state index in [0.717, 1.165) is 6.42 Å². The highest BCUT2D eigenvalue weighted by atomic mass is 32.2. The molecule has 0 aromatic heterocycles. The Hall–Kier alpha value is -1.94. The van der Waals surface area contributed by atoms with Gasteiger partial charge in [-0.25, -0.2) is 17.2 Å². The zero-order valence-corrected chi connectivity index (χ0v) is 16.4. The summed E-state index contributed by atoms with van der Waals surface area (Å²) in [5.41, 5.74) is 0.00372. The quantitative estimate of drug-likeness (QED) is 0.378. The van der Waals surface area contributed by atoms with Crippen molar-refractivity contribution < 1.29 is 21.9 Å². The lowest BCUT2D eigenvalue weighted by molar-refractivity contribution is 0.154. The van der Waals surface area contributed by atoms with Crippen molar-refractivity contribution in [2.24, 2.45) is 4.99 Å². The lowest BCUT2D eigenvalue weighted by Gasteiger charge is -2.21. The van der Waals surface area contributed by atoms with Crippen LogP contribution in [0.2, 0.25) is 0 Å². The first kappa shape index (κ1) is 21.4. The van der Waals surface area contributed by atoms with Gasteiger partial charge in [-0.3, -0.25) is 4.99 Å². The van der Waals surface area contributed by atoms with E-state index in [1.165, 1.54) is 24.5 Å². The molecule has 10 heteroatoms. The number of benzene rings is 1. The van der Waals surface area contributed by atoms with Gasteiger partial charge in [0, 0.05) is 39.0 Å². The van der Waals surface area contributed by atoms with Crippen LogP contribution >= 0.6 is 0 Å². The number of hydrogen-bond donors (Lipinski definition) is 2. The molecule has 1 aliphatic heterocycles. The molecule has 2 N–H and O–H groups in total. The Balaban J connectivity index is 1.74. The van der Waals surface area contributed by atoms with Gasteiger partial charge in [0.1, 0.15) is 27.2 Å². The molecule has 1 aliphatic rings. The molecule has 27 heavy (non-hydrogen) atoms. The number of hydrogen-bond acceptors (Lipinski definition) is 5. The van der Waals surface area contributed by atoms with Crippen molar-refractivity contribution in [1.29, 1.82) is 0 Å². The molecule has 1 saturated heterocycles. The first-order valence-corrected chi connectivity index (χ1v) is 10.8. The number of anilines is 1. The van der Waals surface area contributed by atoms with Gasteiger partial charge in [-0.1, -0.05) is 6.07 Å². The van der Waals surface area contributed by atoms with Crippen LogP contribution in [0.1, 0.15) is 6.42 Å². The monoisotopic (exact) mass is 404 g/mol. The number of nitrogens with one attached hydrogen (secondary N) is 2. The van der Waals surface area contributed by atoms with Gasteiger partial charge < -0.3 is 20.3 Å². The summed E-state index contributed by atoms with van der Waals surface area (Å²) in [6.45, 7) is 1.96. The second kappa shape index (κ2) is 9.84. The fourth-order valence-corrected chi connectivity index (χ4v) is 3.23. The van der Waals surface area contributed by atoms with Crippen LogP contribution in [0, 0.1) is 11.6 Å².